The Morgan fingerprint density at radius 1 is 1.59 bits per heavy atom. The van der Waals surface area contributed by atoms with E-state index in [1.54, 1.807) is 6.92 Å². The molecule has 0 aliphatic carbocycles. The molecule has 0 aromatic carbocycles. The quantitative estimate of drug-likeness (QED) is 0.725. The molecule has 1 aliphatic rings. The lowest BCUT2D eigenvalue weighted by atomic mass is 9.98. The van der Waals surface area contributed by atoms with Gasteiger partial charge in [-0.25, -0.2) is 0 Å². The molecule has 6 nitrogen and oxygen atoms in total. The Bertz CT molecular complexity index is 391. The number of likely N-dealkylation sites (tertiary alicyclic amines) is 1. The van der Waals surface area contributed by atoms with Crippen LogP contribution in [0.1, 0.15) is 24.6 Å². The monoisotopic (exact) mass is 239 g/mol. The van der Waals surface area contributed by atoms with Crippen molar-refractivity contribution < 1.29 is 13.9 Å². The summed E-state index contributed by atoms with van der Waals surface area (Å²) in [4.78, 5) is 13.6. The van der Waals surface area contributed by atoms with Crippen LogP contribution in [-0.4, -0.2) is 41.3 Å². The summed E-state index contributed by atoms with van der Waals surface area (Å²) in [6.45, 7) is 4.03. The third kappa shape index (κ3) is 3.03. The van der Waals surface area contributed by atoms with Gasteiger partial charge in [-0.3, -0.25) is 9.69 Å². The van der Waals surface area contributed by atoms with Gasteiger partial charge in [-0.1, -0.05) is 0 Å². The minimum atomic E-state index is -0.128. The minimum absolute atomic E-state index is 0.0298. The summed E-state index contributed by atoms with van der Waals surface area (Å²) in [5.74, 6) is 1.02. The molecule has 94 valence electrons. The summed E-state index contributed by atoms with van der Waals surface area (Å²) in [6, 6.07) is 0. The van der Waals surface area contributed by atoms with E-state index in [1.165, 1.54) is 7.11 Å². The van der Waals surface area contributed by atoms with Crippen LogP contribution in [0.2, 0.25) is 0 Å². The number of ether oxygens (including phenoxy) is 1. The average Bonchev–Trinajstić information content (AvgIpc) is 2.74. The maximum absolute atomic E-state index is 11.5. The van der Waals surface area contributed by atoms with Crippen LogP contribution < -0.4 is 0 Å². The molecule has 1 fully saturated rings. The largest absolute Gasteiger partial charge is 0.469 e. The molecule has 6 heteroatoms. The molecule has 1 aromatic rings. The van der Waals surface area contributed by atoms with Gasteiger partial charge in [-0.2, -0.15) is 0 Å². The zero-order chi connectivity index (χ0) is 12.3. The van der Waals surface area contributed by atoms with E-state index in [2.05, 4.69) is 15.1 Å². The summed E-state index contributed by atoms with van der Waals surface area (Å²) in [6.07, 6.45) is 1.89. The van der Waals surface area contributed by atoms with Crippen molar-refractivity contribution in [2.45, 2.75) is 26.3 Å². The standard InChI is InChI=1S/C11H17N3O3/c1-8-12-13-10(17-8)7-14-5-3-4-9(6-14)11(15)16-2/h9H,3-7H2,1-2H3. The third-order valence-corrected chi connectivity index (χ3v) is 2.97. The molecule has 17 heavy (non-hydrogen) atoms. The summed E-state index contributed by atoms with van der Waals surface area (Å²) >= 11 is 0. The van der Waals surface area contributed by atoms with Crippen LogP contribution >= 0.6 is 0 Å². The molecular formula is C11H17N3O3. The van der Waals surface area contributed by atoms with Crippen molar-refractivity contribution in [3.63, 3.8) is 0 Å². The Morgan fingerprint density at radius 2 is 2.41 bits per heavy atom. The van der Waals surface area contributed by atoms with Gasteiger partial charge in [0.25, 0.3) is 0 Å². The normalized spacial score (nSPS) is 21.4. The number of hydrogen-bond acceptors (Lipinski definition) is 6. The van der Waals surface area contributed by atoms with Crippen LogP contribution in [0.4, 0.5) is 0 Å². The molecule has 0 radical (unpaired) electrons. The van der Waals surface area contributed by atoms with Gasteiger partial charge in [0, 0.05) is 13.5 Å². The van der Waals surface area contributed by atoms with E-state index in [9.17, 15) is 4.79 Å². The molecule has 2 heterocycles. The molecule has 1 aliphatic heterocycles. The van der Waals surface area contributed by atoms with Crippen LogP contribution in [0.15, 0.2) is 4.42 Å². The molecule has 0 saturated carbocycles. The zero-order valence-electron chi connectivity index (χ0n) is 10.2. The summed E-state index contributed by atoms with van der Waals surface area (Å²) in [5.41, 5.74) is 0. The Balaban J connectivity index is 1.91. The first-order valence-corrected chi connectivity index (χ1v) is 5.78. The van der Waals surface area contributed by atoms with Crippen LogP contribution in [-0.2, 0) is 16.1 Å². The van der Waals surface area contributed by atoms with Crippen molar-refractivity contribution in [1.82, 2.24) is 15.1 Å². The molecule has 1 saturated heterocycles. The van der Waals surface area contributed by atoms with Crippen molar-refractivity contribution in [2.24, 2.45) is 5.92 Å². The summed E-state index contributed by atoms with van der Waals surface area (Å²) in [5, 5.41) is 7.74. The molecule has 0 bridgehead atoms. The zero-order valence-corrected chi connectivity index (χ0v) is 10.2. The number of aryl methyl sites for hydroxylation is 1. The number of carbonyl (C=O) groups is 1. The van der Waals surface area contributed by atoms with Gasteiger partial charge >= 0.3 is 5.97 Å². The van der Waals surface area contributed by atoms with E-state index < -0.39 is 0 Å². The number of esters is 1. The Kier molecular flexibility index (Phi) is 3.73. The van der Waals surface area contributed by atoms with Crippen molar-refractivity contribution in [2.75, 3.05) is 20.2 Å². The Labute approximate surface area is 99.9 Å². The maximum Gasteiger partial charge on any atom is 0.309 e. The SMILES string of the molecule is COC(=O)C1CCCN(Cc2nnc(C)o2)C1. The van der Waals surface area contributed by atoms with E-state index in [0.717, 1.165) is 19.4 Å². The van der Waals surface area contributed by atoms with Gasteiger partial charge in [-0.15, -0.1) is 10.2 Å². The highest BCUT2D eigenvalue weighted by molar-refractivity contribution is 5.72. The number of hydrogen-bond donors (Lipinski definition) is 0. The first-order chi connectivity index (χ1) is 8.19. The molecule has 0 N–H and O–H groups in total. The number of piperidine rings is 1. The molecule has 1 atom stereocenters. The van der Waals surface area contributed by atoms with Crippen molar-refractivity contribution in [1.29, 1.82) is 0 Å². The third-order valence-electron chi connectivity index (χ3n) is 2.97. The van der Waals surface area contributed by atoms with Gasteiger partial charge in [0.15, 0.2) is 0 Å². The number of nitrogens with zero attached hydrogens (tertiary/aromatic N) is 3. The lowest BCUT2D eigenvalue weighted by Crippen LogP contribution is -2.38. The summed E-state index contributed by atoms with van der Waals surface area (Å²) in [7, 11) is 1.43. The van der Waals surface area contributed by atoms with E-state index in [1.807, 2.05) is 0 Å². The highest BCUT2D eigenvalue weighted by Gasteiger charge is 2.27. The van der Waals surface area contributed by atoms with E-state index >= 15 is 0 Å². The second-order valence-corrected chi connectivity index (χ2v) is 4.31. The molecule has 0 spiro atoms. The predicted molar refractivity (Wildman–Crippen MR) is 59.1 cm³/mol. The van der Waals surface area contributed by atoms with E-state index in [0.29, 0.717) is 24.9 Å². The van der Waals surface area contributed by atoms with Gasteiger partial charge < -0.3 is 9.15 Å². The topological polar surface area (TPSA) is 68.5 Å². The van der Waals surface area contributed by atoms with E-state index in [4.69, 9.17) is 9.15 Å². The van der Waals surface area contributed by atoms with Crippen molar-refractivity contribution >= 4 is 5.97 Å². The van der Waals surface area contributed by atoms with E-state index in [-0.39, 0.29) is 11.9 Å². The fraction of sp³-hybridized carbons (Fsp3) is 0.727. The number of methoxy groups -OCH3 is 1. The highest BCUT2D eigenvalue weighted by Crippen LogP contribution is 2.19. The molecule has 2 rings (SSSR count). The fourth-order valence-electron chi connectivity index (χ4n) is 2.15. The fourth-order valence-corrected chi connectivity index (χ4v) is 2.15. The second-order valence-electron chi connectivity index (χ2n) is 4.31. The molecular weight excluding hydrogens is 222 g/mol. The van der Waals surface area contributed by atoms with Gasteiger partial charge in [0.2, 0.25) is 11.8 Å². The first kappa shape index (κ1) is 12.0. The van der Waals surface area contributed by atoms with Crippen LogP contribution in [0.25, 0.3) is 0 Å². The first-order valence-electron chi connectivity index (χ1n) is 5.78. The van der Waals surface area contributed by atoms with Crippen molar-refractivity contribution in [3.8, 4) is 0 Å². The number of carbonyl (C=O) groups excluding carboxylic acids is 1. The molecule has 1 aromatic heterocycles. The summed E-state index contributed by atoms with van der Waals surface area (Å²) < 4.78 is 10.1. The van der Waals surface area contributed by atoms with Gasteiger partial charge in [0.1, 0.15) is 0 Å². The second kappa shape index (κ2) is 5.27. The lowest BCUT2D eigenvalue weighted by Gasteiger charge is -2.29. The maximum atomic E-state index is 11.5. The predicted octanol–water partition coefficient (Wildman–Crippen LogP) is 0.763. The smallest absolute Gasteiger partial charge is 0.309 e. The van der Waals surface area contributed by atoms with Crippen molar-refractivity contribution in [3.05, 3.63) is 11.8 Å². The Hall–Kier alpha value is -1.43. The highest BCUT2D eigenvalue weighted by atomic mass is 16.5. The van der Waals surface area contributed by atoms with Crippen LogP contribution in [0, 0.1) is 12.8 Å². The number of rotatable bonds is 3. The minimum Gasteiger partial charge on any atom is -0.469 e. The average molecular weight is 239 g/mol. The Morgan fingerprint density at radius 3 is 3.06 bits per heavy atom. The van der Waals surface area contributed by atoms with Crippen LogP contribution in [0.3, 0.4) is 0 Å². The lowest BCUT2D eigenvalue weighted by molar-refractivity contribution is -0.147. The van der Waals surface area contributed by atoms with Crippen LogP contribution in [0.5, 0.6) is 0 Å². The molecule has 1 unspecified atom stereocenters. The van der Waals surface area contributed by atoms with Gasteiger partial charge in [-0.05, 0) is 19.4 Å². The number of aromatic nitrogens is 2. The van der Waals surface area contributed by atoms with Gasteiger partial charge in [0.05, 0.1) is 19.6 Å². The molecule has 0 amide bonds.